The van der Waals surface area contributed by atoms with Gasteiger partial charge in [-0.15, -0.1) is 0 Å². The fourth-order valence-electron chi connectivity index (χ4n) is 1.90. The van der Waals surface area contributed by atoms with E-state index >= 15 is 0 Å². The van der Waals surface area contributed by atoms with Crippen LogP contribution in [0, 0.1) is 0 Å². The first kappa shape index (κ1) is 18.6. The minimum absolute atomic E-state index is 0.0249. The van der Waals surface area contributed by atoms with Crippen LogP contribution in [-0.4, -0.2) is 46.1 Å². The zero-order valence-electron chi connectivity index (χ0n) is 13.2. The highest BCUT2D eigenvalue weighted by molar-refractivity contribution is 7.82. The Kier molecular flexibility index (Phi) is 7.10. The number of likely N-dealkylation sites (N-methyl/N-ethyl adjacent to an activating group) is 1. The van der Waals surface area contributed by atoms with Crippen LogP contribution in [0.3, 0.4) is 0 Å². The molecule has 0 aliphatic heterocycles. The van der Waals surface area contributed by atoms with Crippen molar-refractivity contribution < 1.29 is 0 Å². The number of thiol groups is 2. The average molecular weight is 293 g/mol. The third-order valence-corrected chi connectivity index (χ3v) is 2.98. The molecule has 0 unspecified atom stereocenters. The number of hydrogen-bond acceptors (Lipinski definition) is 4. The maximum absolute atomic E-state index is 4.62. The summed E-state index contributed by atoms with van der Waals surface area (Å²) in [6.07, 6.45) is 0. The molecule has 110 valence electrons. The molecule has 0 saturated carbocycles. The van der Waals surface area contributed by atoms with Crippen LogP contribution in [0.1, 0.15) is 48.5 Å². The molecule has 0 radical (unpaired) electrons. The second-order valence-corrected chi connectivity index (χ2v) is 9.59. The van der Waals surface area contributed by atoms with Gasteiger partial charge in [-0.25, -0.2) is 0 Å². The van der Waals surface area contributed by atoms with Gasteiger partial charge in [0.2, 0.25) is 0 Å². The lowest BCUT2D eigenvalue weighted by Gasteiger charge is -2.37. The van der Waals surface area contributed by atoms with E-state index in [4.69, 9.17) is 0 Å². The number of hydrogen-bond donors (Lipinski definition) is 3. The summed E-state index contributed by atoms with van der Waals surface area (Å²) in [6.45, 7) is 19.3. The van der Waals surface area contributed by atoms with Crippen LogP contribution in [0.2, 0.25) is 0 Å². The van der Waals surface area contributed by atoms with Gasteiger partial charge in [0, 0.05) is 34.7 Å². The smallest absolute Gasteiger partial charge is 0.0252 e. The molecule has 18 heavy (non-hydrogen) atoms. The Hall–Kier alpha value is 0.620. The summed E-state index contributed by atoms with van der Waals surface area (Å²) in [5.74, 6) is 0. The Labute approximate surface area is 125 Å². The van der Waals surface area contributed by atoms with Crippen LogP contribution in [-0.2, 0) is 0 Å². The van der Waals surface area contributed by atoms with Crippen LogP contribution < -0.4 is 5.32 Å². The molecule has 0 bridgehead atoms. The van der Waals surface area contributed by atoms with Crippen LogP contribution in [0.4, 0.5) is 0 Å². The maximum atomic E-state index is 4.62. The summed E-state index contributed by atoms with van der Waals surface area (Å²) in [5, 5.41) is 3.61. The van der Waals surface area contributed by atoms with Crippen molar-refractivity contribution in [2.45, 2.75) is 63.5 Å². The van der Waals surface area contributed by atoms with Gasteiger partial charge < -0.3 is 10.2 Å². The second-order valence-electron chi connectivity index (χ2n) is 7.17. The predicted molar refractivity (Wildman–Crippen MR) is 90.3 cm³/mol. The highest BCUT2D eigenvalue weighted by Gasteiger charge is 2.25. The van der Waals surface area contributed by atoms with E-state index < -0.39 is 0 Å². The molecule has 0 aliphatic carbocycles. The van der Waals surface area contributed by atoms with Crippen LogP contribution in [0.25, 0.3) is 0 Å². The van der Waals surface area contributed by atoms with Gasteiger partial charge >= 0.3 is 0 Å². The van der Waals surface area contributed by atoms with Crippen LogP contribution >= 0.6 is 25.3 Å². The fraction of sp³-hybridized carbons (Fsp3) is 1.00. The third-order valence-electron chi connectivity index (χ3n) is 2.68. The van der Waals surface area contributed by atoms with Gasteiger partial charge in [-0.3, -0.25) is 0 Å². The lowest BCUT2D eigenvalue weighted by atomic mass is 10.0. The van der Waals surface area contributed by atoms with E-state index in [0.717, 1.165) is 26.2 Å². The topological polar surface area (TPSA) is 15.3 Å². The van der Waals surface area contributed by atoms with Gasteiger partial charge in [-0.05, 0) is 48.1 Å². The molecule has 0 spiro atoms. The van der Waals surface area contributed by atoms with Crippen molar-refractivity contribution in [1.82, 2.24) is 10.2 Å². The van der Waals surface area contributed by atoms with Gasteiger partial charge in [0.25, 0.3) is 0 Å². The zero-order chi connectivity index (χ0) is 14.6. The summed E-state index contributed by atoms with van der Waals surface area (Å²) in [6, 6.07) is 0. The standard InChI is InChI=1S/C14H32N2S2/c1-8-16(11-14(6,7)18)10-12(2,3)15-9-13(4,5)17/h15,17-18H,8-11H2,1-7H3. The normalized spacial score (nSPS) is 14.3. The first-order valence-electron chi connectivity index (χ1n) is 6.77. The molecule has 4 heteroatoms. The molecule has 0 saturated heterocycles. The van der Waals surface area contributed by atoms with Crippen LogP contribution in [0.15, 0.2) is 0 Å². The second kappa shape index (κ2) is 6.87. The van der Waals surface area contributed by atoms with Gasteiger partial charge in [-0.2, -0.15) is 25.3 Å². The number of rotatable bonds is 8. The number of nitrogens with zero attached hydrogens (tertiary/aromatic N) is 1. The molecule has 0 aromatic rings. The van der Waals surface area contributed by atoms with E-state index in [2.05, 4.69) is 83.9 Å². The van der Waals surface area contributed by atoms with Crippen molar-refractivity contribution in [3.63, 3.8) is 0 Å². The lowest BCUT2D eigenvalue weighted by molar-refractivity contribution is 0.196. The Bertz CT molecular complexity index is 239. The monoisotopic (exact) mass is 292 g/mol. The molecule has 1 N–H and O–H groups in total. The molecule has 0 aromatic heterocycles. The Morgan fingerprint density at radius 3 is 1.72 bits per heavy atom. The fourth-order valence-corrected chi connectivity index (χ4v) is 2.18. The van der Waals surface area contributed by atoms with Crippen LogP contribution in [0.5, 0.6) is 0 Å². The van der Waals surface area contributed by atoms with Gasteiger partial charge in [0.05, 0.1) is 0 Å². The molecular formula is C14H32N2S2. The molecule has 0 aromatic carbocycles. The van der Waals surface area contributed by atoms with E-state index in [1.165, 1.54) is 0 Å². The summed E-state index contributed by atoms with van der Waals surface area (Å²) in [5.41, 5.74) is 0.0923. The molecule has 0 heterocycles. The third kappa shape index (κ3) is 10.5. The highest BCUT2D eigenvalue weighted by atomic mass is 32.1. The minimum Gasteiger partial charge on any atom is -0.309 e. The molecule has 0 rings (SSSR count). The van der Waals surface area contributed by atoms with Crippen molar-refractivity contribution in [3.05, 3.63) is 0 Å². The Balaban J connectivity index is 4.35. The molecule has 0 fully saturated rings. The van der Waals surface area contributed by atoms with Gasteiger partial charge in [0.15, 0.2) is 0 Å². The van der Waals surface area contributed by atoms with Crippen molar-refractivity contribution in [1.29, 1.82) is 0 Å². The Morgan fingerprint density at radius 2 is 1.39 bits per heavy atom. The van der Waals surface area contributed by atoms with E-state index in [1.807, 2.05) is 0 Å². The summed E-state index contributed by atoms with van der Waals surface area (Å²) >= 11 is 9.18. The first-order chi connectivity index (χ1) is 7.85. The quantitative estimate of drug-likeness (QED) is 0.596. The highest BCUT2D eigenvalue weighted by Crippen LogP contribution is 2.17. The Morgan fingerprint density at radius 1 is 0.889 bits per heavy atom. The molecule has 2 nitrogen and oxygen atoms in total. The van der Waals surface area contributed by atoms with Gasteiger partial charge in [-0.1, -0.05) is 6.92 Å². The van der Waals surface area contributed by atoms with Crippen molar-refractivity contribution in [3.8, 4) is 0 Å². The summed E-state index contributed by atoms with van der Waals surface area (Å²) in [4.78, 5) is 2.45. The maximum Gasteiger partial charge on any atom is 0.0252 e. The summed E-state index contributed by atoms with van der Waals surface area (Å²) < 4.78 is 0.0754. The van der Waals surface area contributed by atoms with E-state index in [0.29, 0.717) is 0 Å². The number of nitrogens with one attached hydrogen (secondary N) is 1. The minimum atomic E-state index is 0.0249. The van der Waals surface area contributed by atoms with Gasteiger partial charge in [0.1, 0.15) is 0 Å². The molecule has 0 amide bonds. The SMILES string of the molecule is CCN(CC(C)(C)S)CC(C)(C)NCC(C)(C)S. The van der Waals surface area contributed by atoms with Crippen molar-refractivity contribution in [2.75, 3.05) is 26.2 Å². The van der Waals surface area contributed by atoms with E-state index in [9.17, 15) is 0 Å². The average Bonchev–Trinajstić information content (AvgIpc) is 2.10. The predicted octanol–water partition coefficient (Wildman–Crippen LogP) is 3.09. The van der Waals surface area contributed by atoms with E-state index in [1.54, 1.807) is 0 Å². The molecular weight excluding hydrogens is 260 g/mol. The van der Waals surface area contributed by atoms with Crippen molar-refractivity contribution >= 4 is 25.3 Å². The lowest BCUT2D eigenvalue weighted by Crippen LogP contribution is -2.53. The first-order valence-corrected chi connectivity index (χ1v) is 7.66. The summed E-state index contributed by atoms with van der Waals surface area (Å²) in [7, 11) is 0. The van der Waals surface area contributed by atoms with Crippen molar-refractivity contribution in [2.24, 2.45) is 0 Å². The molecule has 0 atom stereocenters. The molecule has 0 aliphatic rings. The zero-order valence-corrected chi connectivity index (χ0v) is 15.0. The van der Waals surface area contributed by atoms with E-state index in [-0.39, 0.29) is 15.0 Å². The largest absolute Gasteiger partial charge is 0.309 e.